The number of fused-ring (bicyclic) bond motifs is 1. The summed E-state index contributed by atoms with van der Waals surface area (Å²) in [5, 5.41) is 0. The van der Waals surface area contributed by atoms with E-state index in [0.29, 0.717) is 11.9 Å². The van der Waals surface area contributed by atoms with E-state index in [1.54, 1.807) is 18.5 Å². The second-order valence-corrected chi connectivity index (χ2v) is 7.22. The van der Waals surface area contributed by atoms with Crippen molar-refractivity contribution in [3.63, 3.8) is 0 Å². The second kappa shape index (κ2) is 7.83. The molecule has 0 unspecified atom stereocenters. The fourth-order valence-corrected chi connectivity index (χ4v) is 4.15. The van der Waals surface area contributed by atoms with E-state index in [-0.39, 0.29) is 11.8 Å². The first-order valence-electron chi connectivity index (χ1n) is 9.42. The van der Waals surface area contributed by atoms with Gasteiger partial charge in [-0.1, -0.05) is 24.3 Å². The Morgan fingerprint density at radius 1 is 1.15 bits per heavy atom. The highest BCUT2D eigenvalue weighted by Gasteiger charge is 2.31. The average Bonchev–Trinajstić information content (AvgIpc) is 3.16. The third-order valence-corrected chi connectivity index (χ3v) is 5.48. The standard InChI is InChI=1S/C20H25N5O/c26-19(23-24-20-21-10-4-11-22-20)17-9-12-25(14-17)13-16-7-3-6-15-5-1-2-8-18(15)16/h1-2,4-5,8,10-11,16-17H,3,6-7,9,12-14H2,(H,23,26)(H,21,22,24)/t16-,17-/m1/s1. The predicted molar refractivity (Wildman–Crippen MR) is 100 cm³/mol. The van der Waals surface area contributed by atoms with Gasteiger partial charge < -0.3 is 4.90 Å². The van der Waals surface area contributed by atoms with E-state index < -0.39 is 0 Å². The maximum Gasteiger partial charge on any atom is 0.242 e. The van der Waals surface area contributed by atoms with Gasteiger partial charge in [0.2, 0.25) is 11.9 Å². The number of anilines is 1. The van der Waals surface area contributed by atoms with Gasteiger partial charge in [0.05, 0.1) is 5.92 Å². The Kier molecular flexibility index (Phi) is 5.11. The monoisotopic (exact) mass is 351 g/mol. The quantitative estimate of drug-likeness (QED) is 0.810. The van der Waals surface area contributed by atoms with Crippen molar-refractivity contribution in [1.82, 2.24) is 20.3 Å². The topological polar surface area (TPSA) is 70.1 Å². The van der Waals surface area contributed by atoms with Gasteiger partial charge in [0.25, 0.3) is 0 Å². The van der Waals surface area contributed by atoms with Crippen LogP contribution in [0.15, 0.2) is 42.7 Å². The van der Waals surface area contributed by atoms with Crippen LogP contribution in [-0.4, -0.2) is 40.4 Å². The smallest absolute Gasteiger partial charge is 0.242 e. The Balaban J connectivity index is 1.29. The van der Waals surface area contributed by atoms with Gasteiger partial charge in [-0.15, -0.1) is 0 Å². The van der Waals surface area contributed by atoms with Crippen molar-refractivity contribution >= 4 is 11.9 Å². The number of nitrogens with zero attached hydrogens (tertiary/aromatic N) is 3. The second-order valence-electron chi connectivity index (χ2n) is 7.22. The van der Waals surface area contributed by atoms with Crippen molar-refractivity contribution < 1.29 is 4.79 Å². The van der Waals surface area contributed by atoms with E-state index in [9.17, 15) is 4.79 Å². The van der Waals surface area contributed by atoms with Crippen molar-refractivity contribution in [2.75, 3.05) is 25.1 Å². The van der Waals surface area contributed by atoms with E-state index in [2.05, 4.69) is 50.0 Å². The summed E-state index contributed by atoms with van der Waals surface area (Å²) >= 11 is 0. The van der Waals surface area contributed by atoms with Crippen molar-refractivity contribution in [1.29, 1.82) is 0 Å². The number of nitrogens with one attached hydrogen (secondary N) is 2. The van der Waals surface area contributed by atoms with Crippen LogP contribution in [0.5, 0.6) is 0 Å². The zero-order chi connectivity index (χ0) is 17.8. The molecule has 0 saturated carbocycles. The molecule has 26 heavy (non-hydrogen) atoms. The number of aromatic nitrogens is 2. The summed E-state index contributed by atoms with van der Waals surface area (Å²) < 4.78 is 0. The molecule has 2 heterocycles. The minimum atomic E-state index is 0.0176. The molecule has 2 atom stereocenters. The van der Waals surface area contributed by atoms with E-state index in [1.807, 2.05) is 0 Å². The number of likely N-dealkylation sites (tertiary alicyclic amines) is 1. The zero-order valence-electron chi connectivity index (χ0n) is 14.9. The van der Waals surface area contributed by atoms with Crippen molar-refractivity contribution in [2.45, 2.75) is 31.6 Å². The van der Waals surface area contributed by atoms with Gasteiger partial charge in [0.15, 0.2) is 0 Å². The number of rotatable bonds is 5. The van der Waals surface area contributed by atoms with Crippen LogP contribution in [0, 0.1) is 5.92 Å². The van der Waals surface area contributed by atoms with Crippen LogP contribution in [-0.2, 0) is 11.2 Å². The average molecular weight is 351 g/mol. The summed E-state index contributed by atoms with van der Waals surface area (Å²) in [6.07, 6.45) is 7.89. The Morgan fingerprint density at radius 3 is 2.88 bits per heavy atom. The minimum Gasteiger partial charge on any atom is -0.302 e. The normalized spacial score (nSPS) is 22.6. The number of benzene rings is 1. The van der Waals surface area contributed by atoms with Gasteiger partial charge >= 0.3 is 0 Å². The molecule has 2 aromatic rings. The molecule has 1 aliphatic carbocycles. The molecule has 1 fully saturated rings. The lowest BCUT2D eigenvalue weighted by molar-refractivity contribution is -0.124. The molecule has 136 valence electrons. The lowest BCUT2D eigenvalue weighted by Gasteiger charge is -2.29. The first-order valence-corrected chi connectivity index (χ1v) is 9.42. The molecule has 1 amide bonds. The van der Waals surface area contributed by atoms with Crippen molar-refractivity contribution in [3.8, 4) is 0 Å². The lowest BCUT2D eigenvalue weighted by atomic mass is 9.82. The van der Waals surface area contributed by atoms with Gasteiger partial charge in [-0.05, 0) is 55.3 Å². The molecular weight excluding hydrogens is 326 g/mol. The van der Waals surface area contributed by atoms with Crippen LogP contribution < -0.4 is 10.9 Å². The van der Waals surface area contributed by atoms with Gasteiger partial charge in [-0.3, -0.25) is 15.6 Å². The number of aryl methyl sites for hydroxylation is 1. The fourth-order valence-electron chi connectivity index (χ4n) is 4.15. The fraction of sp³-hybridized carbons (Fsp3) is 0.450. The van der Waals surface area contributed by atoms with E-state index in [4.69, 9.17) is 0 Å². The largest absolute Gasteiger partial charge is 0.302 e. The molecule has 6 heteroatoms. The van der Waals surface area contributed by atoms with Gasteiger partial charge in [-0.2, -0.15) is 0 Å². The maximum atomic E-state index is 12.4. The summed E-state index contributed by atoms with van der Waals surface area (Å²) in [6.45, 7) is 2.86. The number of hydrogen-bond donors (Lipinski definition) is 2. The molecule has 0 spiro atoms. The Hall–Kier alpha value is -2.47. The van der Waals surface area contributed by atoms with Crippen LogP contribution in [0.4, 0.5) is 5.95 Å². The molecule has 1 aliphatic heterocycles. The van der Waals surface area contributed by atoms with E-state index in [0.717, 1.165) is 26.1 Å². The SMILES string of the molecule is O=C(NNc1ncccn1)[C@@H]1CCN(C[C@H]2CCCc3ccccc32)C1. The summed E-state index contributed by atoms with van der Waals surface area (Å²) in [4.78, 5) is 22.9. The zero-order valence-corrected chi connectivity index (χ0v) is 14.9. The molecular formula is C20H25N5O. The third-order valence-electron chi connectivity index (χ3n) is 5.48. The highest BCUT2D eigenvalue weighted by molar-refractivity contribution is 5.80. The van der Waals surface area contributed by atoms with Crippen LogP contribution in [0.1, 0.15) is 36.3 Å². The molecule has 0 radical (unpaired) electrons. The number of hydrogen-bond acceptors (Lipinski definition) is 5. The highest BCUT2D eigenvalue weighted by Crippen LogP contribution is 2.33. The van der Waals surface area contributed by atoms with Crippen LogP contribution in [0.25, 0.3) is 0 Å². The minimum absolute atomic E-state index is 0.0176. The van der Waals surface area contributed by atoms with Gasteiger partial charge in [-0.25, -0.2) is 9.97 Å². The molecule has 4 rings (SSSR count). The molecule has 2 aliphatic rings. The lowest BCUT2D eigenvalue weighted by Crippen LogP contribution is -2.37. The number of amides is 1. The van der Waals surface area contributed by atoms with Gasteiger partial charge in [0, 0.05) is 25.5 Å². The molecule has 1 aromatic carbocycles. The predicted octanol–water partition coefficient (Wildman–Crippen LogP) is 2.36. The maximum absolute atomic E-state index is 12.4. The first-order chi connectivity index (χ1) is 12.8. The molecule has 6 nitrogen and oxygen atoms in total. The summed E-state index contributed by atoms with van der Waals surface area (Å²) in [7, 11) is 0. The summed E-state index contributed by atoms with van der Waals surface area (Å²) in [6, 6.07) is 10.6. The molecule has 2 N–H and O–H groups in total. The van der Waals surface area contributed by atoms with Crippen LogP contribution in [0.3, 0.4) is 0 Å². The van der Waals surface area contributed by atoms with Gasteiger partial charge in [0.1, 0.15) is 0 Å². The highest BCUT2D eigenvalue weighted by atomic mass is 16.2. The first kappa shape index (κ1) is 17.0. The van der Waals surface area contributed by atoms with E-state index in [1.165, 1.54) is 30.4 Å². The Morgan fingerprint density at radius 2 is 2.00 bits per heavy atom. The Labute approximate surface area is 154 Å². The number of carbonyl (C=O) groups excluding carboxylic acids is 1. The summed E-state index contributed by atoms with van der Waals surface area (Å²) in [5.41, 5.74) is 8.54. The molecule has 1 saturated heterocycles. The van der Waals surface area contributed by atoms with E-state index >= 15 is 0 Å². The van der Waals surface area contributed by atoms with Crippen molar-refractivity contribution in [2.24, 2.45) is 5.92 Å². The van der Waals surface area contributed by atoms with Crippen LogP contribution in [0.2, 0.25) is 0 Å². The number of hydrazine groups is 1. The number of carbonyl (C=O) groups is 1. The van der Waals surface area contributed by atoms with Crippen molar-refractivity contribution in [3.05, 3.63) is 53.9 Å². The van der Waals surface area contributed by atoms with Crippen LogP contribution >= 0.6 is 0 Å². The Bertz CT molecular complexity index is 751. The third kappa shape index (κ3) is 3.85. The molecule has 1 aromatic heterocycles. The summed E-state index contributed by atoms with van der Waals surface area (Å²) in [5.74, 6) is 1.04. The molecule has 0 bridgehead atoms.